The lowest BCUT2D eigenvalue weighted by Crippen LogP contribution is -2.40. The number of aromatic nitrogens is 7. The summed E-state index contributed by atoms with van der Waals surface area (Å²) in [4.78, 5) is 27.2. The van der Waals surface area contributed by atoms with Crippen LogP contribution in [-0.2, 0) is 11.3 Å². The number of phenolic OH excluding ortho intramolecular Hbond substituents is 1. The lowest BCUT2D eigenvalue weighted by molar-refractivity contribution is 0.0303. The molecule has 7 rings (SSSR count). The van der Waals surface area contributed by atoms with Gasteiger partial charge in [-0.3, -0.25) is 14.7 Å². The molecule has 0 bridgehead atoms. The number of nitrogens with zero attached hydrogens (tertiary/aromatic N) is 7. The molecule has 0 unspecified atom stereocenters. The van der Waals surface area contributed by atoms with Gasteiger partial charge < -0.3 is 14.7 Å². The Hall–Kier alpha value is -5.69. The van der Waals surface area contributed by atoms with Gasteiger partial charge >= 0.3 is 0 Å². The fourth-order valence-corrected chi connectivity index (χ4v) is 5.17. The van der Waals surface area contributed by atoms with Crippen molar-refractivity contribution < 1.29 is 19.0 Å². The Morgan fingerprint density at radius 3 is 2.59 bits per heavy atom. The Morgan fingerprint density at radius 1 is 0.977 bits per heavy atom. The Labute approximate surface area is 248 Å². The number of ether oxygens (including phenoxy) is 1. The number of H-pyrrole nitrogens is 1. The summed E-state index contributed by atoms with van der Waals surface area (Å²) in [6, 6.07) is 19.3. The zero-order valence-corrected chi connectivity index (χ0v) is 23.2. The molecule has 1 amide bonds. The monoisotopic (exact) mass is 592 g/mol. The van der Waals surface area contributed by atoms with Crippen molar-refractivity contribution in [3.8, 4) is 34.1 Å². The number of aromatic amines is 1. The second-order valence-corrected chi connectivity index (χ2v) is 10.4. The third kappa shape index (κ3) is 5.31. The number of fused-ring (bicyclic) bond motifs is 1. The highest BCUT2D eigenvalue weighted by Crippen LogP contribution is 2.27. The van der Waals surface area contributed by atoms with Crippen molar-refractivity contribution in [3.63, 3.8) is 0 Å². The van der Waals surface area contributed by atoms with Crippen LogP contribution in [0.25, 0.3) is 39.2 Å². The molecule has 220 valence electrons. The number of hydrogen-bond donors (Lipinski definition) is 2. The van der Waals surface area contributed by atoms with Gasteiger partial charge in [0, 0.05) is 41.7 Å². The summed E-state index contributed by atoms with van der Waals surface area (Å²) in [6.45, 7) is 2.38. The Bertz CT molecular complexity index is 2040. The summed E-state index contributed by atoms with van der Waals surface area (Å²) in [5.41, 5.74) is 4.36. The normalized spacial score (nSPS) is 13.4. The van der Waals surface area contributed by atoms with Crippen LogP contribution in [0.1, 0.15) is 15.9 Å². The molecular formula is C31H25FN8O4. The molecule has 1 aliphatic rings. The first-order chi connectivity index (χ1) is 21.4. The van der Waals surface area contributed by atoms with Crippen LogP contribution in [0.2, 0.25) is 0 Å². The van der Waals surface area contributed by atoms with Crippen LogP contribution < -0.4 is 5.56 Å². The number of nitrogens with one attached hydrogen (secondary N) is 1. The van der Waals surface area contributed by atoms with Crippen molar-refractivity contribution in [2.75, 3.05) is 26.3 Å². The van der Waals surface area contributed by atoms with E-state index >= 15 is 0 Å². The van der Waals surface area contributed by atoms with Crippen LogP contribution in [0.3, 0.4) is 0 Å². The van der Waals surface area contributed by atoms with E-state index in [1.807, 2.05) is 30.3 Å². The summed E-state index contributed by atoms with van der Waals surface area (Å²) in [5.74, 6) is -0.869. The Balaban J connectivity index is 1.13. The third-order valence-corrected chi connectivity index (χ3v) is 7.42. The number of benzene rings is 3. The molecular weight excluding hydrogens is 567 g/mol. The molecule has 4 heterocycles. The molecule has 0 aliphatic carbocycles. The highest BCUT2D eigenvalue weighted by atomic mass is 19.1. The first-order valence-electron chi connectivity index (χ1n) is 13.9. The number of phenols is 1. The first kappa shape index (κ1) is 27.2. The maximum atomic E-state index is 13.8. The summed E-state index contributed by atoms with van der Waals surface area (Å²) < 4.78 is 22.1. The van der Waals surface area contributed by atoms with E-state index in [1.54, 1.807) is 27.9 Å². The molecule has 6 aromatic rings. The number of morpholine rings is 1. The molecule has 2 N–H and O–H groups in total. The molecule has 0 atom stereocenters. The van der Waals surface area contributed by atoms with Gasteiger partial charge in [0.05, 0.1) is 42.9 Å². The molecule has 12 nitrogen and oxygen atoms in total. The largest absolute Gasteiger partial charge is 0.508 e. The van der Waals surface area contributed by atoms with Crippen molar-refractivity contribution in [2.24, 2.45) is 0 Å². The van der Waals surface area contributed by atoms with Crippen molar-refractivity contribution >= 4 is 16.8 Å². The van der Waals surface area contributed by atoms with Crippen LogP contribution in [0.4, 0.5) is 4.39 Å². The van der Waals surface area contributed by atoms with Crippen LogP contribution in [0.15, 0.2) is 83.8 Å². The predicted molar refractivity (Wildman–Crippen MR) is 158 cm³/mol. The second kappa shape index (κ2) is 11.2. The van der Waals surface area contributed by atoms with Gasteiger partial charge in [-0.1, -0.05) is 11.3 Å². The molecule has 0 saturated carbocycles. The highest BCUT2D eigenvalue weighted by Gasteiger charge is 2.19. The van der Waals surface area contributed by atoms with Crippen LogP contribution in [0, 0.1) is 5.82 Å². The number of aromatic hydroxyl groups is 1. The fourth-order valence-electron chi connectivity index (χ4n) is 5.17. The van der Waals surface area contributed by atoms with Crippen molar-refractivity contribution in [3.05, 3.63) is 106 Å². The van der Waals surface area contributed by atoms with E-state index < -0.39 is 5.82 Å². The second-order valence-electron chi connectivity index (χ2n) is 10.4. The maximum absolute atomic E-state index is 13.8. The average molecular weight is 593 g/mol. The molecule has 0 radical (unpaired) electrons. The number of carbonyl (C=O) groups excluding carboxylic acids is 1. The number of hydrogen-bond acceptors (Lipinski definition) is 8. The lowest BCUT2D eigenvalue weighted by atomic mass is 10.1. The molecule has 0 spiro atoms. The van der Waals surface area contributed by atoms with E-state index in [4.69, 9.17) is 4.74 Å². The van der Waals surface area contributed by atoms with Gasteiger partial charge in [0.25, 0.3) is 11.5 Å². The smallest absolute Gasteiger partial charge is 0.267 e. The summed E-state index contributed by atoms with van der Waals surface area (Å²) in [6.07, 6.45) is 1.75. The fraction of sp³-hybridized carbons (Fsp3) is 0.161. The van der Waals surface area contributed by atoms with Gasteiger partial charge in [-0.05, 0) is 60.2 Å². The minimum atomic E-state index is -0.606. The van der Waals surface area contributed by atoms with Gasteiger partial charge in [-0.2, -0.15) is 10.2 Å². The first-order valence-corrected chi connectivity index (χ1v) is 13.9. The number of carbonyl (C=O) groups is 1. The Morgan fingerprint density at radius 2 is 1.80 bits per heavy atom. The van der Waals surface area contributed by atoms with Crippen molar-refractivity contribution in [1.29, 1.82) is 0 Å². The van der Waals surface area contributed by atoms with Crippen molar-refractivity contribution in [2.45, 2.75) is 6.54 Å². The zero-order valence-electron chi connectivity index (χ0n) is 23.2. The molecule has 3 aromatic heterocycles. The van der Waals surface area contributed by atoms with E-state index in [-0.39, 0.29) is 23.8 Å². The molecule has 1 fully saturated rings. The average Bonchev–Trinajstić information content (AvgIpc) is 3.69. The van der Waals surface area contributed by atoms with Crippen LogP contribution in [-0.4, -0.2) is 77.2 Å². The third-order valence-electron chi connectivity index (χ3n) is 7.42. The van der Waals surface area contributed by atoms with Crippen LogP contribution in [0.5, 0.6) is 5.75 Å². The minimum Gasteiger partial charge on any atom is -0.508 e. The molecule has 44 heavy (non-hydrogen) atoms. The standard InChI is InChI=1S/C31H25FN8O4/c32-22-14-21(15-24(41)16-22)26-7-8-29(42)40(36-26)17-19-1-6-27-25(13-19)30(35-33-27)28-18-39(37-34-28)23-4-2-20(3-5-23)31(43)38-9-11-44-12-10-38/h1-8,13-16,18,41H,9-12,17H2,(H,33,35). The lowest BCUT2D eigenvalue weighted by Gasteiger charge is -2.26. The van der Waals surface area contributed by atoms with Crippen LogP contribution >= 0.6 is 0 Å². The van der Waals surface area contributed by atoms with Crippen molar-refractivity contribution in [1.82, 2.24) is 39.9 Å². The van der Waals surface area contributed by atoms with E-state index in [9.17, 15) is 19.1 Å². The Kier molecular flexibility index (Phi) is 6.91. The minimum absolute atomic E-state index is 0.0321. The van der Waals surface area contributed by atoms with Gasteiger partial charge in [0.2, 0.25) is 0 Å². The predicted octanol–water partition coefficient (Wildman–Crippen LogP) is 3.40. The highest BCUT2D eigenvalue weighted by molar-refractivity contribution is 5.94. The summed E-state index contributed by atoms with van der Waals surface area (Å²) in [5, 5.41) is 31.0. The van der Waals surface area contributed by atoms with E-state index in [0.29, 0.717) is 54.5 Å². The van der Waals surface area contributed by atoms with Gasteiger partial charge in [0.1, 0.15) is 23.0 Å². The summed E-state index contributed by atoms with van der Waals surface area (Å²) in [7, 11) is 0. The van der Waals surface area contributed by atoms with Gasteiger partial charge in [-0.25, -0.2) is 13.8 Å². The van der Waals surface area contributed by atoms with E-state index in [0.717, 1.165) is 28.2 Å². The number of amides is 1. The molecule has 3 aromatic carbocycles. The topological polar surface area (TPSA) is 144 Å². The molecule has 1 saturated heterocycles. The van der Waals surface area contributed by atoms with Gasteiger partial charge in [-0.15, -0.1) is 5.10 Å². The SMILES string of the molecule is O=C(c1ccc(-n2cc(-c3n[nH]c4ccc(Cn5nc(-c6cc(O)cc(F)c6)ccc5=O)cc34)nn2)cc1)N1CCOCC1. The summed E-state index contributed by atoms with van der Waals surface area (Å²) >= 11 is 0. The molecule has 13 heteroatoms. The zero-order chi connectivity index (χ0) is 30.2. The van der Waals surface area contributed by atoms with E-state index in [1.165, 1.54) is 28.9 Å². The van der Waals surface area contributed by atoms with E-state index in [2.05, 4.69) is 25.6 Å². The van der Waals surface area contributed by atoms with Gasteiger partial charge in [0.15, 0.2) is 0 Å². The number of rotatable bonds is 6. The number of halogens is 1. The quantitative estimate of drug-likeness (QED) is 0.300. The maximum Gasteiger partial charge on any atom is 0.267 e. The molecule has 1 aliphatic heterocycles.